The number of alkyl carbamates (subject to hydrolysis) is 1. The predicted molar refractivity (Wildman–Crippen MR) is 62.6 cm³/mol. The Morgan fingerprint density at radius 2 is 2.41 bits per heavy atom. The lowest BCUT2D eigenvalue weighted by molar-refractivity contribution is 0.112. The second-order valence-corrected chi connectivity index (χ2v) is 3.22. The van der Waals surface area contributed by atoms with Crippen LogP contribution in [0.25, 0.3) is 0 Å². The molecule has 5 nitrogen and oxygen atoms in total. The van der Waals surface area contributed by atoms with Crippen molar-refractivity contribution in [2.75, 3.05) is 6.61 Å². The van der Waals surface area contributed by atoms with Gasteiger partial charge in [0, 0.05) is 11.8 Å². The molecular formula is C12H14N2O3. The number of hydrogen-bond acceptors (Lipinski definition) is 4. The van der Waals surface area contributed by atoms with Crippen molar-refractivity contribution in [1.82, 2.24) is 10.3 Å². The van der Waals surface area contributed by atoms with E-state index in [-0.39, 0.29) is 13.2 Å². The van der Waals surface area contributed by atoms with Crippen LogP contribution < -0.4 is 5.32 Å². The van der Waals surface area contributed by atoms with Gasteiger partial charge in [-0.3, -0.25) is 9.78 Å². The van der Waals surface area contributed by atoms with Crippen molar-refractivity contribution in [1.29, 1.82) is 0 Å². The van der Waals surface area contributed by atoms with Gasteiger partial charge in [-0.2, -0.15) is 0 Å². The van der Waals surface area contributed by atoms with Crippen LogP contribution in [0.15, 0.2) is 30.5 Å². The molecule has 90 valence electrons. The summed E-state index contributed by atoms with van der Waals surface area (Å²) >= 11 is 0. The number of carbonyl (C=O) groups is 2. The summed E-state index contributed by atoms with van der Waals surface area (Å²) in [5.74, 6) is 0. The average Bonchev–Trinajstić information content (AvgIpc) is 2.37. The Morgan fingerprint density at radius 3 is 3.12 bits per heavy atom. The van der Waals surface area contributed by atoms with Crippen LogP contribution in [0.2, 0.25) is 0 Å². The van der Waals surface area contributed by atoms with E-state index in [9.17, 15) is 9.59 Å². The average molecular weight is 234 g/mol. The number of allylic oxidation sites excluding steroid dienone is 1. The van der Waals surface area contributed by atoms with E-state index < -0.39 is 6.09 Å². The van der Waals surface area contributed by atoms with Crippen molar-refractivity contribution in [3.05, 3.63) is 41.7 Å². The van der Waals surface area contributed by atoms with Crippen molar-refractivity contribution in [3.63, 3.8) is 0 Å². The number of pyridine rings is 1. The summed E-state index contributed by atoms with van der Waals surface area (Å²) in [6, 6.07) is 3.21. The number of aromatic nitrogens is 1. The van der Waals surface area contributed by atoms with E-state index in [2.05, 4.69) is 10.3 Å². The van der Waals surface area contributed by atoms with Gasteiger partial charge < -0.3 is 10.1 Å². The lowest BCUT2D eigenvalue weighted by Crippen LogP contribution is -2.24. The zero-order chi connectivity index (χ0) is 12.5. The standard InChI is InChI=1S/C12H14N2O3/c1-2-3-6-17-12(16)14-8-11-7-10(9-15)4-5-13-11/h2-5,7,9H,6,8H2,1H3,(H,14,16). The third-order valence-corrected chi connectivity index (χ3v) is 1.94. The molecule has 0 fully saturated rings. The second-order valence-electron chi connectivity index (χ2n) is 3.22. The smallest absolute Gasteiger partial charge is 0.407 e. The highest BCUT2D eigenvalue weighted by molar-refractivity contribution is 5.74. The fraction of sp³-hybridized carbons (Fsp3) is 0.250. The van der Waals surface area contributed by atoms with E-state index in [4.69, 9.17) is 4.74 Å². The van der Waals surface area contributed by atoms with Crippen molar-refractivity contribution in [2.45, 2.75) is 13.5 Å². The summed E-state index contributed by atoms with van der Waals surface area (Å²) in [4.78, 5) is 25.7. The summed E-state index contributed by atoms with van der Waals surface area (Å²) in [5, 5.41) is 2.54. The third kappa shape index (κ3) is 4.92. The number of aldehydes is 1. The first kappa shape index (κ1) is 12.9. The van der Waals surface area contributed by atoms with Gasteiger partial charge in [0.05, 0.1) is 12.2 Å². The van der Waals surface area contributed by atoms with E-state index in [1.807, 2.05) is 6.92 Å². The predicted octanol–water partition coefficient (Wildman–Crippen LogP) is 1.70. The van der Waals surface area contributed by atoms with Crippen LogP contribution in [0.5, 0.6) is 0 Å². The number of nitrogens with zero attached hydrogens (tertiary/aromatic N) is 1. The highest BCUT2D eigenvalue weighted by Gasteiger charge is 2.02. The minimum absolute atomic E-state index is 0.232. The molecule has 1 rings (SSSR count). The molecule has 0 bridgehead atoms. The van der Waals surface area contributed by atoms with Gasteiger partial charge in [0.25, 0.3) is 0 Å². The molecule has 0 radical (unpaired) electrons. The van der Waals surface area contributed by atoms with Gasteiger partial charge in [0.2, 0.25) is 0 Å². The van der Waals surface area contributed by atoms with E-state index >= 15 is 0 Å². The molecule has 0 aliphatic heterocycles. The second kappa shape index (κ2) is 7.16. The SMILES string of the molecule is CC=CCOC(=O)NCc1cc(C=O)ccn1. The Hall–Kier alpha value is -2.17. The van der Waals surface area contributed by atoms with Gasteiger partial charge in [-0.05, 0) is 19.1 Å². The molecule has 0 aromatic carbocycles. The summed E-state index contributed by atoms with van der Waals surface area (Å²) in [6.07, 6.45) is 5.26. The van der Waals surface area contributed by atoms with E-state index in [1.54, 1.807) is 24.3 Å². The Morgan fingerprint density at radius 1 is 1.59 bits per heavy atom. The summed E-state index contributed by atoms with van der Waals surface area (Å²) in [5.41, 5.74) is 1.14. The Kier molecular flexibility index (Phi) is 5.43. The maximum atomic E-state index is 11.2. The van der Waals surface area contributed by atoms with Crippen molar-refractivity contribution in [2.24, 2.45) is 0 Å². The van der Waals surface area contributed by atoms with Crippen LogP contribution in [0.1, 0.15) is 23.0 Å². The van der Waals surface area contributed by atoms with Gasteiger partial charge in [0.15, 0.2) is 0 Å². The minimum atomic E-state index is -0.513. The molecule has 0 spiro atoms. The fourth-order valence-electron chi connectivity index (χ4n) is 1.10. The number of ether oxygens (including phenoxy) is 1. The van der Waals surface area contributed by atoms with Crippen molar-refractivity contribution < 1.29 is 14.3 Å². The number of carbonyl (C=O) groups excluding carboxylic acids is 2. The molecule has 1 aromatic rings. The molecule has 0 saturated carbocycles. The molecular weight excluding hydrogens is 220 g/mol. The van der Waals surface area contributed by atoms with Crippen molar-refractivity contribution >= 4 is 12.4 Å². The first-order valence-corrected chi connectivity index (χ1v) is 5.18. The molecule has 1 heterocycles. The highest BCUT2D eigenvalue weighted by Crippen LogP contribution is 1.98. The van der Waals surface area contributed by atoms with E-state index in [0.29, 0.717) is 11.3 Å². The molecule has 0 unspecified atom stereocenters. The zero-order valence-electron chi connectivity index (χ0n) is 9.55. The molecule has 17 heavy (non-hydrogen) atoms. The van der Waals surface area contributed by atoms with Gasteiger partial charge in [0.1, 0.15) is 12.9 Å². The van der Waals surface area contributed by atoms with E-state index in [1.165, 1.54) is 6.20 Å². The van der Waals surface area contributed by atoms with Gasteiger partial charge >= 0.3 is 6.09 Å². The number of nitrogens with one attached hydrogen (secondary N) is 1. The summed E-state index contributed by atoms with van der Waals surface area (Å²) in [6.45, 7) is 2.32. The molecule has 0 aliphatic carbocycles. The monoisotopic (exact) mass is 234 g/mol. The lowest BCUT2D eigenvalue weighted by Gasteiger charge is -2.04. The highest BCUT2D eigenvalue weighted by atomic mass is 16.5. The quantitative estimate of drug-likeness (QED) is 0.622. The number of rotatable bonds is 5. The summed E-state index contributed by atoms with van der Waals surface area (Å²) in [7, 11) is 0. The van der Waals surface area contributed by atoms with Crippen LogP contribution in [0.3, 0.4) is 0 Å². The van der Waals surface area contributed by atoms with Gasteiger partial charge in [-0.15, -0.1) is 0 Å². The van der Waals surface area contributed by atoms with Crippen LogP contribution in [-0.4, -0.2) is 24.0 Å². The largest absolute Gasteiger partial charge is 0.445 e. The zero-order valence-corrected chi connectivity index (χ0v) is 9.55. The Labute approximate surface area is 99.5 Å². The van der Waals surface area contributed by atoms with Crippen LogP contribution in [0, 0.1) is 0 Å². The first-order chi connectivity index (χ1) is 8.26. The van der Waals surface area contributed by atoms with Crippen LogP contribution in [0.4, 0.5) is 4.79 Å². The van der Waals surface area contributed by atoms with Crippen LogP contribution in [-0.2, 0) is 11.3 Å². The maximum absolute atomic E-state index is 11.2. The molecule has 1 aromatic heterocycles. The normalized spacial score (nSPS) is 10.2. The first-order valence-electron chi connectivity index (χ1n) is 5.18. The number of hydrogen-bond donors (Lipinski definition) is 1. The molecule has 0 atom stereocenters. The van der Waals surface area contributed by atoms with Gasteiger partial charge in [-0.1, -0.05) is 12.2 Å². The Balaban J connectivity index is 2.38. The third-order valence-electron chi connectivity index (χ3n) is 1.94. The fourth-order valence-corrected chi connectivity index (χ4v) is 1.10. The van der Waals surface area contributed by atoms with Crippen molar-refractivity contribution in [3.8, 4) is 0 Å². The molecule has 1 N–H and O–H groups in total. The molecule has 0 aliphatic rings. The molecule has 5 heteroatoms. The van der Waals surface area contributed by atoms with Gasteiger partial charge in [-0.25, -0.2) is 4.79 Å². The molecule has 1 amide bonds. The Bertz CT molecular complexity index is 416. The van der Waals surface area contributed by atoms with E-state index in [0.717, 1.165) is 6.29 Å². The molecule has 0 saturated heterocycles. The summed E-state index contributed by atoms with van der Waals surface area (Å²) < 4.78 is 4.83. The maximum Gasteiger partial charge on any atom is 0.407 e. The topological polar surface area (TPSA) is 68.3 Å². The number of amides is 1. The van der Waals surface area contributed by atoms with Crippen LogP contribution >= 0.6 is 0 Å². The lowest BCUT2D eigenvalue weighted by atomic mass is 10.2. The minimum Gasteiger partial charge on any atom is -0.445 e.